The minimum atomic E-state index is -2.61. The molecule has 0 amide bonds. The molecule has 0 spiro atoms. The molecule has 0 N–H and O–H groups in total. The molecule has 1 unspecified atom stereocenters. The third-order valence-corrected chi connectivity index (χ3v) is 3.71. The Morgan fingerprint density at radius 2 is 2.25 bits per heavy atom. The second-order valence-corrected chi connectivity index (χ2v) is 5.12. The second-order valence-electron chi connectivity index (χ2n) is 2.15. The van der Waals surface area contributed by atoms with Crippen molar-refractivity contribution in [2.24, 2.45) is 0 Å². The fraction of sp³-hybridized carbons (Fsp3) is 0.333. The maximum absolute atomic E-state index is 11.7. The molecule has 1 rings (SSSR count). The van der Waals surface area contributed by atoms with E-state index in [1.54, 1.807) is 31.4 Å². The molecule has 0 heterocycles. The van der Waals surface area contributed by atoms with Crippen LogP contribution in [-0.2, 0) is 3.83 Å². The van der Waals surface area contributed by atoms with Crippen molar-refractivity contribution in [3.8, 4) is 5.75 Å². The molecule has 2 nitrogen and oxygen atoms in total. The first-order chi connectivity index (χ1) is 6.45. The van der Waals surface area contributed by atoms with Gasteiger partial charge in [0.05, 0.1) is 0 Å². The molecular weight excluding hydrogens is 220 g/mol. The van der Waals surface area contributed by atoms with Gasteiger partial charge in [-0.25, -0.2) is 0 Å². The minimum absolute atomic E-state index is 0.568. The van der Waals surface area contributed by atoms with Crippen LogP contribution in [0.5, 0.6) is 5.75 Å². The van der Waals surface area contributed by atoms with E-state index in [-0.39, 0.29) is 0 Å². The standard InChI is InChI=1S/C9H12O2Se/c1-3-12(10)9-6-4-8(11-2)5-7-9/h4-7H,3H2,1-2H3/i3+1DH/t3-,12?/m1/s1. The fourth-order valence-corrected chi connectivity index (χ4v) is 2.12. The molecule has 0 radical (unpaired) electrons. The molecule has 0 aliphatic carbocycles. The molecule has 12 heavy (non-hydrogen) atoms. The van der Waals surface area contributed by atoms with Crippen LogP contribution in [0.1, 0.15) is 9.67 Å². The first-order valence-corrected chi connectivity index (χ1v) is 5.92. The van der Waals surface area contributed by atoms with Crippen LogP contribution in [0.4, 0.5) is 0 Å². The van der Waals surface area contributed by atoms with Gasteiger partial charge in [0, 0.05) is 0 Å². The molecule has 66 valence electrons. The molecule has 0 aliphatic heterocycles. The van der Waals surface area contributed by atoms with E-state index in [0.29, 0.717) is 10.2 Å². The summed E-state index contributed by atoms with van der Waals surface area (Å²) in [5, 5.41) is -1.62. The number of hydrogen-bond acceptors (Lipinski definition) is 2. The summed E-state index contributed by atoms with van der Waals surface area (Å²) in [6, 6.07) is 6.68. The van der Waals surface area contributed by atoms with Crippen LogP contribution < -0.4 is 9.20 Å². The van der Waals surface area contributed by atoms with Gasteiger partial charge in [0.1, 0.15) is 0 Å². The van der Waals surface area contributed by atoms with Crippen molar-refractivity contribution >= 4 is 18.3 Å². The average molecular weight is 233 g/mol. The molecule has 0 bridgehead atoms. The molecule has 0 aromatic heterocycles. The van der Waals surface area contributed by atoms with Gasteiger partial charge >= 0.3 is 78.9 Å². The van der Waals surface area contributed by atoms with Crippen LogP contribution in [0.15, 0.2) is 24.3 Å². The second kappa shape index (κ2) is 4.39. The first-order valence-electron chi connectivity index (χ1n) is 4.51. The van der Waals surface area contributed by atoms with E-state index >= 15 is 0 Å². The van der Waals surface area contributed by atoms with E-state index in [1.165, 1.54) is 6.92 Å². The summed E-state index contributed by atoms with van der Waals surface area (Å²) in [5.41, 5.74) is 0. The topological polar surface area (TPSA) is 26.3 Å². The SMILES string of the molecule is [1H][13C@@]([2H])(C)[Se](=O)c1ccc(OC)cc1. The number of methoxy groups -OCH3 is 1. The molecule has 0 saturated carbocycles. The molecule has 3 heteroatoms. The zero-order valence-corrected chi connectivity index (χ0v) is 8.75. The van der Waals surface area contributed by atoms with E-state index in [2.05, 4.69) is 0 Å². The van der Waals surface area contributed by atoms with Crippen molar-refractivity contribution in [2.45, 2.75) is 12.2 Å². The molecule has 2 atom stereocenters. The van der Waals surface area contributed by atoms with Gasteiger partial charge in [-0.15, -0.1) is 0 Å². The Balaban J connectivity index is 2.93. The van der Waals surface area contributed by atoms with Crippen molar-refractivity contribution in [3.63, 3.8) is 0 Å². The molecule has 0 fully saturated rings. The summed E-state index contributed by atoms with van der Waals surface area (Å²) in [7, 11) is 1.55. The van der Waals surface area contributed by atoms with Crippen LogP contribution in [0.3, 0.4) is 0 Å². The summed E-state index contributed by atoms with van der Waals surface area (Å²) in [4.78, 5) is 0. The summed E-state index contributed by atoms with van der Waals surface area (Å²) in [6.45, 7) is 1.34. The van der Waals surface area contributed by atoms with Gasteiger partial charge in [-0.1, -0.05) is 0 Å². The fourth-order valence-electron chi connectivity index (χ4n) is 0.817. The Kier molecular flexibility index (Phi) is 2.49. The van der Waals surface area contributed by atoms with E-state index in [1.807, 2.05) is 0 Å². The van der Waals surface area contributed by atoms with Crippen molar-refractivity contribution < 1.29 is 11.3 Å². The molecular formula is C9H12O2Se. The summed E-state index contributed by atoms with van der Waals surface area (Å²) in [5.74, 6) is 0.684. The van der Waals surface area contributed by atoms with Crippen LogP contribution in [0.2, 0.25) is 5.27 Å². The normalized spacial score (nSPS) is 20.2. The summed E-state index contributed by atoms with van der Waals surface area (Å²) < 4.78 is 31.9. The Bertz CT molecular complexity index is 330. The van der Waals surface area contributed by atoms with Crippen LogP contribution >= 0.6 is 0 Å². The Labute approximate surface area is 79.4 Å². The van der Waals surface area contributed by atoms with E-state index < -0.39 is 19.1 Å². The van der Waals surface area contributed by atoms with Gasteiger partial charge in [-0.05, 0) is 0 Å². The Morgan fingerprint density at radius 1 is 1.67 bits per heavy atom. The van der Waals surface area contributed by atoms with Crippen molar-refractivity contribution in [3.05, 3.63) is 24.3 Å². The first kappa shape index (κ1) is 6.81. The van der Waals surface area contributed by atoms with Gasteiger partial charge in [0.2, 0.25) is 0 Å². The zero-order valence-electron chi connectivity index (χ0n) is 9.03. The number of rotatable bonds is 3. The van der Waals surface area contributed by atoms with Gasteiger partial charge in [0.25, 0.3) is 0 Å². The Hall–Kier alpha value is -0.661. The predicted molar refractivity (Wildman–Crippen MR) is 49.5 cm³/mol. The molecule has 1 aromatic carbocycles. The Morgan fingerprint density at radius 3 is 2.67 bits per heavy atom. The van der Waals surface area contributed by atoms with Gasteiger partial charge in [-0.2, -0.15) is 0 Å². The molecule has 0 saturated heterocycles. The van der Waals surface area contributed by atoms with Crippen LogP contribution in [0, 0.1) is 0 Å². The van der Waals surface area contributed by atoms with E-state index in [9.17, 15) is 3.83 Å². The van der Waals surface area contributed by atoms with Gasteiger partial charge in [0.15, 0.2) is 0 Å². The maximum atomic E-state index is 11.7. The van der Waals surface area contributed by atoms with E-state index in [0.717, 1.165) is 0 Å². The van der Waals surface area contributed by atoms with Crippen molar-refractivity contribution in [1.82, 2.24) is 0 Å². The van der Waals surface area contributed by atoms with Crippen molar-refractivity contribution in [2.75, 3.05) is 7.11 Å². The van der Waals surface area contributed by atoms with Gasteiger partial charge in [-0.3, -0.25) is 0 Å². The number of ether oxygens (including phenoxy) is 1. The molecule has 0 aliphatic rings. The van der Waals surface area contributed by atoms with Crippen LogP contribution in [0.25, 0.3) is 0 Å². The van der Waals surface area contributed by atoms with E-state index in [4.69, 9.17) is 7.48 Å². The average Bonchev–Trinajstić information content (AvgIpc) is 2.15. The third kappa shape index (κ3) is 2.16. The molecule has 1 aromatic rings. The quantitative estimate of drug-likeness (QED) is 0.581. The number of hydrogen-bond donors (Lipinski definition) is 0. The monoisotopic (exact) mass is 234 g/mol. The zero-order chi connectivity index (χ0) is 10.8. The predicted octanol–water partition coefficient (Wildman–Crippen LogP) is 1.34. The third-order valence-electron chi connectivity index (χ3n) is 1.46. The summed E-state index contributed by atoms with van der Waals surface area (Å²) >= 11 is -2.61. The van der Waals surface area contributed by atoms with Crippen molar-refractivity contribution in [1.29, 1.82) is 0 Å². The van der Waals surface area contributed by atoms with Crippen LogP contribution in [-0.4, -0.2) is 20.9 Å². The summed E-state index contributed by atoms with van der Waals surface area (Å²) in [6.07, 6.45) is 0. The number of benzene rings is 1. The van der Waals surface area contributed by atoms with Gasteiger partial charge < -0.3 is 0 Å².